The molecular formula is C20H26O4. The van der Waals surface area contributed by atoms with Crippen LogP contribution in [0.4, 0.5) is 0 Å². The molecule has 1 rings (SSSR count). The molecule has 0 saturated heterocycles. The molecule has 0 radical (unpaired) electrons. The van der Waals surface area contributed by atoms with Gasteiger partial charge in [-0.2, -0.15) is 0 Å². The van der Waals surface area contributed by atoms with Gasteiger partial charge in [0.25, 0.3) is 0 Å². The minimum absolute atomic E-state index is 0.354. The van der Waals surface area contributed by atoms with Gasteiger partial charge in [-0.1, -0.05) is 37.4 Å². The van der Waals surface area contributed by atoms with Crippen LogP contribution in [-0.4, -0.2) is 11.9 Å². The van der Waals surface area contributed by atoms with E-state index < -0.39 is 23.1 Å². The Hall–Kier alpha value is -2.36. The maximum Gasteiger partial charge on any atom is 0.333 e. The molecule has 0 spiro atoms. The molecule has 1 aromatic rings. The van der Waals surface area contributed by atoms with Gasteiger partial charge in [0.1, 0.15) is 11.2 Å². The molecule has 4 nitrogen and oxygen atoms in total. The molecule has 0 amide bonds. The molecule has 0 fully saturated rings. The molecule has 0 saturated carbocycles. The zero-order valence-corrected chi connectivity index (χ0v) is 15.4. The monoisotopic (exact) mass is 330 g/mol. The number of benzene rings is 1. The summed E-state index contributed by atoms with van der Waals surface area (Å²) in [6.07, 6.45) is 0. The number of hydrogen-bond donors (Lipinski definition) is 0. The summed E-state index contributed by atoms with van der Waals surface area (Å²) in [5.41, 5.74) is 0.811. The van der Waals surface area contributed by atoms with Gasteiger partial charge in [-0.3, -0.25) is 0 Å². The molecule has 0 N–H and O–H groups in total. The Labute approximate surface area is 144 Å². The molecule has 0 bridgehead atoms. The van der Waals surface area contributed by atoms with Crippen molar-refractivity contribution in [3.05, 3.63) is 59.7 Å². The zero-order valence-electron chi connectivity index (χ0n) is 15.4. The predicted octanol–water partition coefficient (Wildman–Crippen LogP) is 4.40. The SMILES string of the molecule is C=C(C)C(=O)OC(C)(C)c1ccc(C(C)(C)OC(=O)C(=C)C)cc1. The number of rotatable bonds is 6. The van der Waals surface area contributed by atoms with Crippen LogP contribution in [0.15, 0.2) is 48.6 Å². The second-order valence-corrected chi connectivity index (χ2v) is 6.94. The van der Waals surface area contributed by atoms with Crippen molar-refractivity contribution < 1.29 is 19.1 Å². The van der Waals surface area contributed by atoms with E-state index in [9.17, 15) is 9.59 Å². The number of ether oxygens (including phenoxy) is 2. The van der Waals surface area contributed by atoms with E-state index in [2.05, 4.69) is 13.2 Å². The molecule has 1 aromatic carbocycles. The summed E-state index contributed by atoms with van der Waals surface area (Å²) in [6.45, 7) is 17.7. The van der Waals surface area contributed by atoms with Gasteiger partial charge in [-0.15, -0.1) is 0 Å². The van der Waals surface area contributed by atoms with Gasteiger partial charge in [-0.05, 0) is 52.7 Å². The van der Waals surface area contributed by atoms with Gasteiger partial charge in [-0.25, -0.2) is 9.59 Å². The standard InChI is InChI=1S/C20H26O4/c1-13(2)17(21)23-19(5,6)15-9-11-16(12-10-15)20(7,8)24-18(22)14(3)4/h9-12H,1,3H2,2,4-8H3. The van der Waals surface area contributed by atoms with E-state index in [0.29, 0.717) is 11.1 Å². The second kappa shape index (κ2) is 7.04. The van der Waals surface area contributed by atoms with Crippen LogP contribution in [0.5, 0.6) is 0 Å². The lowest BCUT2D eigenvalue weighted by Crippen LogP contribution is -2.27. The molecule has 4 heteroatoms. The third-order valence-corrected chi connectivity index (χ3v) is 3.67. The van der Waals surface area contributed by atoms with E-state index >= 15 is 0 Å². The largest absolute Gasteiger partial charge is 0.451 e. The highest BCUT2D eigenvalue weighted by molar-refractivity contribution is 5.87. The van der Waals surface area contributed by atoms with Gasteiger partial charge >= 0.3 is 11.9 Å². The lowest BCUT2D eigenvalue weighted by Gasteiger charge is -2.28. The highest BCUT2D eigenvalue weighted by Gasteiger charge is 2.29. The summed E-state index contributed by atoms with van der Waals surface area (Å²) in [7, 11) is 0. The summed E-state index contributed by atoms with van der Waals surface area (Å²) in [6, 6.07) is 7.43. The smallest absolute Gasteiger partial charge is 0.333 e. The van der Waals surface area contributed by atoms with Crippen LogP contribution in [0.2, 0.25) is 0 Å². The minimum Gasteiger partial charge on any atom is -0.451 e. The first-order chi connectivity index (χ1) is 10.9. The van der Waals surface area contributed by atoms with Crippen molar-refractivity contribution in [1.29, 1.82) is 0 Å². The van der Waals surface area contributed by atoms with Crippen molar-refractivity contribution in [2.45, 2.75) is 52.7 Å². The molecule has 0 aliphatic carbocycles. The molecule has 0 unspecified atom stereocenters. The van der Waals surface area contributed by atoms with Gasteiger partial charge in [0.05, 0.1) is 0 Å². The third kappa shape index (κ3) is 4.82. The highest BCUT2D eigenvalue weighted by Crippen LogP contribution is 2.30. The van der Waals surface area contributed by atoms with Gasteiger partial charge in [0.15, 0.2) is 0 Å². The van der Waals surface area contributed by atoms with Gasteiger partial charge in [0, 0.05) is 11.1 Å². The maximum atomic E-state index is 11.8. The Morgan fingerprint density at radius 2 is 1.00 bits per heavy atom. The number of carbonyl (C=O) groups is 2. The number of esters is 2. The first-order valence-electron chi connectivity index (χ1n) is 7.75. The number of carbonyl (C=O) groups excluding carboxylic acids is 2. The average Bonchev–Trinajstić information content (AvgIpc) is 2.46. The molecule has 0 aliphatic heterocycles. The second-order valence-electron chi connectivity index (χ2n) is 6.94. The Balaban J connectivity index is 2.99. The summed E-state index contributed by atoms with van der Waals surface area (Å²) >= 11 is 0. The van der Waals surface area contributed by atoms with E-state index in [-0.39, 0.29) is 0 Å². The fourth-order valence-corrected chi connectivity index (χ4v) is 2.03. The van der Waals surface area contributed by atoms with Crippen LogP contribution in [0.1, 0.15) is 52.7 Å². The normalized spacial score (nSPS) is 11.6. The number of hydrogen-bond acceptors (Lipinski definition) is 4. The van der Waals surface area contributed by atoms with E-state index in [4.69, 9.17) is 9.47 Å². The van der Waals surface area contributed by atoms with E-state index in [0.717, 1.165) is 11.1 Å². The topological polar surface area (TPSA) is 52.6 Å². The van der Waals surface area contributed by atoms with Crippen molar-refractivity contribution >= 4 is 11.9 Å². The van der Waals surface area contributed by atoms with Crippen LogP contribution in [-0.2, 0) is 30.3 Å². The molecule has 0 atom stereocenters. The summed E-state index contributed by atoms with van der Waals surface area (Å²) in [5, 5.41) is 0. The van der Waals surface area contributed by atoms with Crippen LogP contribution in [0, 0.1) is 0 Å². The van der Waals surface area contributed by atoms with Gasteiger partial charge in [0.2, 0.25) is 0 Å². The third-order valence-electron chi connectivity index (χ3n) is 3.67. The summed E-state index contributed by atoms with van der Waals surface area (Å²) in [5.74, 6) is -0.861. The zero-order chi connectivity index (χ0) is 18.7. The van der Waals surface area contributed by atoms with Crippen molar-refractivity contribution in [2.75, 3.05) is 0 Å². The Kier molecular flexibility index (Phi) is 5.77. The fourth-order valence-electron chi connectivity index (χ4n) is 2.03. The fraction of sp³-hybridized carbons (Fsp3) is 0.400. The minimum atomic E-state index is -0.785. The van der Waals surface area contributed by atoms with Crippen molar-refractivity contribution in [3.8, 4) is 0 Å². The predicted molar refractivity (Wildman–Crippen MR) is 94.3 cm³/mol. The average molecular weight is 330 g/mol. The Morgan fingerprint density at radius 3 is 1.21 bits per heavy atom. The van der Waals surface area contributed by atoms with Crippen LogP contribution in [0.3, 0.4) is 0 Å². The molecular weight excluding hydrogens is 304 g/mol. The molecule has 130 valence electrons. The van der Waals surface area contributed by atoms with E-state index in [1.807, 2.05) is 52.0 Å². The maximum absolute atomic E-state index is 11.8. The molecule has 24 heavy (non-hydrogen) atoms. The van der Waals surface area contributed by atoms with Crippen LogP contribution >= 0.6 is 0 Å². The lowest BCUT2D eigenvalue weighted by molar-refractivity contribution is -0.153. The van der Waals surface area contributed by atoms with E-state index in [1.165, 1.54) is 0 Å². The van der Waals surface area contributed by atoms with Gasteiger partial charge < -0.3 is 9.47 Å². The molecule has 0 aliphatic rings. The van der Waals surface area contributed by atoms with Crippen molar-refractivity contribution in [2.24, 2.45) is 0 Å². The van der Waals surface area contributed by atoms with Crippen molar-refractivity contribution in [3.63, 3.8) is 0 Å². The lowest BCUT2D eigenvalue weighted by atomic mass is 9.92. The quantitative estimate of drug-likeness (QED) is 0.573. The van der Waals surface area contributed by atoms with Crippen molar-refractivity contribution in [1.82, 2.24) is 0 Å². The summed E-state index contributed by atoms with van der Waals surface area (Å²) in [4.78, 5) is 23.5. The Bertz CT molecular complexity index is 604. The Morgan fingerprint density at radius 1 is 0.750 bits per heavy atom. The summed E-state index contributed by atoms with van der Waals surface area (Å²) < 4.78 is 10.9. The van der Waals surface area contributed by atoms with Crippen LogP contribution in [0.25, 0.3) is 0 Å². The highest BCUT2D eigenvalue weighted by atomic mass is 16.6. The first kappa shape index (κ1) is 19.7. The van der Waals surface area contributed by atoms with E-state index in [1.54, 1.807) is 13.8 Å². The van der Waals surface area contributed by atoms with Crippen LogP contribution < -0.4 is 0 Å². The first-order valence-corrected chi connectivity index (χ1v) is 7.75. The molecule has 0 aromatic heterocycles. The molecule has 0 heterocycles.